The molecule has 0 aliphatic carbocycles. The van der Waals surface area contributed by atoms with Crippen LogP contribution in [0.1, 0.15) is 12.0 Å². The molecule has 1 aliphatic rings. The Kier molecular flexibility index (Phi) is 6.27. The molecule has 1 aliphatic heterocycles. The highest BCUT2D eigenvalue weighted by atomic mass is 32.2. The van der Waals surface area contributed by atoms with Crippen molar-refractivity contribution in [3.63, 3.8) is 0 Å². The molecule has 170 valence electrons. The molecule has 2 aromatic heterocycles. The van der Waals surface area contributed by atoms with Crippen LogP contribution in [0.15, 0.2) is 41.5 Å². The van der Waals surface area contributed by atoms with Gasteiger partial charge >= 0.3 is 0 Å². The standard InChI is InChI=1S/C22H27N5O4S/c1-26-14-23-19-11-18(17-5-3-15(4-6-17)7-9-24-32(2,30)31)25-21(20(19)22(26)29)27-10-8-16(12-27)13-28/h3-6,11,14,16,24,28H,7-10,12-13H2,1-2H3/t16-/m0/s1. The molecule has 0 amide bonds. The summed E-state index contributed by atoms with van der Waals surface area (Å²) in [5, 5.41) is 10.0. The average Bonchev–Trinajstić information content (AvgIpc) is 3.24. The number of nitrogens with one attached hydrogen (secondary N) is 1. The van der Waals surface area contributed by atoms with E-state index >= 15 is 0 Å². The summed E-state index contributed by atoms with van der Waals surface area (Å²) in [6, 6.07) is 9.59. The monoisotopic (exact) mass is 457 g/mol. The highest BCUT2D eigenvalue weighted by Gasteiger charge is 2.26. The summed E-state index contributed by atoms with van der Waals surface area (Å²) < 4.78 is 26.4. The minimum atomic E-state index is -3.21. The third-order valence-electron chi connectivity index (χ3n) is 5.75. The van der Waals surface area contributed by atoms with E-state index < -0.39 is 10.0 Å². The number of nitrogens with zero attached hydrogens (tertiary/aromatic N) is 4. The fourth-order valence-corrected chi connectivity index (χ4v) is 4.45. The molecule has 0 bridgehead atoms. The fraction of sp³-hybridized carbons (Fsp3) is 0.409. The Hall–Kier alpha value is -2.82. The van der Waals surface area contributed by atoms with Gasteiger partial charge in [-0.1, -0.05) is 24.3 Å². The van der Waals surface area contributed by atoms with Crippen molar-refractivity contribution in [3.05, 3.63) is 52.6 Å². The molecule has 0 radical (unpaired) electrons. The van der Waals surface area contributed by atoms with Gasteiger partial charge in [0.1, 0.15) is 11.2 Å². The lowest BCUT2D eigenvalue weighted by Crippen LogP contribution is -2.26. The van der Waals surface area contributed by atoms with Gasteiger partial charge in [-0.25, -0.2) is 23.1 Å². The molecule has 1 fully saturated rings. The summed E-state index contributed by atoms with van der Waals surface area (Å²) in [7, 11) is -1.54. The normalized spacial score (nSPS) is 16.7. The van der Waals surface area contributed by atoms with Gasteiger partial charge in [-0.15, -0.1) is 0 Å². The van der Waals surface area contributed by atoms with E-state index in [1.807, 2.05) is 30.3 Å². The molecule has 1 atom stereocenters. The van der Waals surface area contributed by atoms with Crippen molar-refractivity contribution in [2.75, 3.05) is 37.4 Å². The van der Waals surface area contributed by atoms with E-state index in [0.29, 0.717) is 41.9 Å². The van der Waals surface area contributed by atoms with E-state index in [0.717, 1.165) is 30.3 Å². The Labute approximate surface area is 186 Å². The van der Waals surface area contributed by atoms with Crippen LogP contribution in [0.4, 0.5) is 5.82 Å². The lowest BCUT2D eigenvalue weighted by atomic mass is 10.1. The van der Waals surface area contributed by atoms with Gasteiger partial charge in [-0.2, -0.15) is 0 Å². The van der Waals surface area contributed by atoms with E-state index in [1.54, 1.807) is 7.05 Å². The number of pyridine rings is 1. The average molecular weight is 458 g/mol. The maximum absolute atomic E-state index is 12.9. The van der Waals surface area contributed by atoms with Crippen molar-refractivity contribution in [2.45, 2.75) is 12.8 Å². The minimum Gasteiger partial charge on any atom is -0.396 e. The van der Waals surface area contributed by atoms with Gasteiger partial charge in [0.15, 0.2) is 0 Å². The molecule has 10 heteroatoms. The quantitative estimate of drug-likeness (QED) is 0.541. The van der Waals surface area contributed by atoms with E-state index in [1.165, 1.54) is 10.9 Å². The van der Waals surface area contributed by atoms with Crippen molar-refractivity contribution >= 4 is 26.7 Å². The number of aryl methyl sites for hydroxylation is 1. The predicted octanol–water partition coefficient (Wildman–Crippen LogP) is 0.906. The number of benzene rings is 1. The Bertz CT molecular complexity index is 1290. The lowest BCUT2D eigenvalue weighted by molar-refractivity contribution is 0.238. The molecular weight excluding hydrogens is 430 g/mol. The van der Waals surface area contributed by atoms with Gasteiger partial charge in [0.2, 0.25) is 10.0 Å². The molecule has 3 aromatic rings. The van der Waals surface area contributed by atoms with Crippen LogP contribution in [0.2, 0.25) is 0 Å². The smallest absolute Gasteiger partial charge is 0.264 e. The molecular formula is C22H27N5O4S. The van der Waals surface area contributed by atoms with Gasteiger partial charge in [-0.05, 0) is 24.5 Å². The van der Waals surface area contributed by atoms with Gasteiger partial charge in [0.05, 0.1) is 23.8 Å². The zero-order valence-corrected chi connectivity index (χ0v) is 19.0. The van der Waals surface area contributed by atoms with Crippen LogP contribution in [0.3, 0.4) is 0 Å². The molecule has 0 spiro atoms. The van der Waals surface area contributed by atoms with Crippen LogP contribution in [0.5, 0.6) is 0 Å². The maximum Gasteiger partial charge on any atom is 0.264 e. The Morgan fingerprint density at radius 3 is 2.66 bits per heavy atom. The van der Waals surface area contributed by atoms with Crippen LogP contribution in [-0.2, 0) is 23.5 Å². The number of hydrogen-bond acceptors (Lipinski definition) is 7. The Morgan fingerprint density at radius 2 is 2.00 bits per heavy atom. The topological polar surface area (TPSA) is 117 Å². The van der Waals surface area contributed by atoms with Crippen molar-refractivity contribution < 1.29 is 13.5 Å². The first kappa shape index (κ1) is 22.4. The number of rotatable bonds is 7. The molecule has 2 N–H and O–H groups in total. The summed E-state index contributed by atoms with van der Waals surface area (Å²) in [5.41, 5.74) is 3.03. The summed E-state index contributed by atoms with van der Waals surface area (Å²) in [5.74, 6) is 0.763. The number of anilines is 1. The number of hydrogen-bond donors (Lipinski definition) is 2. The van der Waals surface area contributed by atoms with Crippen LogP contribution < -0.4 is 15.2 Å². The molecule has 0 unspecified atom stereocenters. The third kappa shape index (κ3) is 4.82. The van der Waals surface area contributed by atoms with Gasteiger partial charge < -0.3 is 14.6 Å². The molecule has 3 heterocycles. The summed E-state index contributed by atoms with van der Waals surface area (Å²) in [6.07, 6.45) is 4.08. The highest BCUT2D eigenvalue weighted by molar-refractivity contribution is 7.88. The molecule has 4 rings (SSSR count). The summed E-state index contributed by atoms with van der Waals surface area (Å²) in [4.78, 5) is 24.2. The third-order valence-corrected chi connectivity index (χ3v) is 6.48. The summed E-state index contributed by atoms with van der Waals surface area (Å²) >= 11 is 0. The van der Waals surface area contributed by atoms with Crippen molar-refractivity contribution in [3.8, 4) is 11.3 Å². The van der Waals surface area contributed by atoms with Gasteiger partial charge in [0.25, 0.3) is 5.56 Å². The molecule has 1 saturated heterocycles. The number of aromatic nitrogens is 3. The zero-order chi connectivity index (χ0) is 22.9. The predicted molar refractivity (Wildman–Crippen MR) is 124 cm³/mol. The molecule has 1 aromatic carbocycles. The van der Waals surface area contributed by atoms with Crippen molar-refractivity contribution in [2.24, 2.45) is 13.0 Å². The van der Waals surface area contributed by atoms with E-state index in [9.17, 15) is 18.3 Å². The second kappa shape index (κ2) is 8.97. The van der Waals surface area contributed by atoms with E-state index in [2.05, 4.69) is 14.6 Å². The zero-order valence-electron chi connectivity index (χ0n) is 18.2. The van der Waals surface area contributed by atoms with Crippen LogP contribution in [-0.4, -0.2) is 60.6 Å². The number of aliphatic hydroxyl groups excluding tert-OH is 1. The number of fused-ring (bicyclic) bond motifs is 1. The minimum absolute atomic E-state index is 0.111. The van der Waals surface area contributed by atoms with Crippen LogP contribution in [0, 0.1) is 5.92 Å². The highest BCUT2D eigenvalue weighted by Crippen LogP contribution is 2.30. The van der Waals surface area contributed by atoms with Gasteiger partial charge in [-0.3, -0.25) is 4.79 Å². The Morgan fingerprint density at radius 1 is 1.25 bits per heavy atom. The fourth-order valence-electron chi connectivity index (χ4n) is 3.98. The molecule has 32 heavy (non-hydrogen) atoms. The largest absolute Gasteiger partial charge is 0.396 e. The molecule has 9 nitrogen and oxygen atoms in total. The van der Waals surface area contributed by atoms with Crippen molar-refractivity contribution in [1.29, 1.82) is 0 Å². The lowest BCUT2D eigenvalue weighted by Gasteiger charge is -2.20. The maximum atomic E-state index is 12.9. The van der Waals surface area contributed by atoms with Gasteiger partial charge in [0, 0.05) is 44.8 Å². The first-order valence-corrected chi connectivity index (χ1v) is 12.4. The number of sulfonamides is 1. The Balaban J connectivity index is 1.69. The first-order chi connectivity index (χ1) is 15.2. The SMILES string of the molecule is Cn1cnc2cc(-c3ccc(CCNS(C)(=O)=O)cc3)nc(N3CC[C@H](CO)C3)c2c1=O. The number of aliphatic hydroxyl groups is 1. The summed E-state index contributed by atoms with van der Waals surface area (Å²) in [6.45, 7) is 1.82. The van der Waals surface area contributed by atoms with Crippen LogP contribution >= 0.6 is 0 Å². The molecule has 0 saturated carbocycles. The van der Waals surface area contributed by atoms with Crippen molar-refractivity contribution in [1.82, 2.24) is 19.3 Å². The van der Waals surface area contributed by atoms with E-state index in [4.69, 9.17) is 4.98 Å². The second-order valence-corrected chi connectivity index (χ2v) is 10.1. The van der Waals surface area contributed by atoms with Crippen LogP contribution in [0.25, 0.3) is 22.2 Å². The van der Waals surface area contributed by atoms with E-state index in [-0.39, 0.29) is 18.1 Å². The first-order valence-electron chi connectivity index (χ1n) is 10.5. The second-order valence-electron chi connectivity index (χ2n) is 8.28.